The van der Waals surface area contributed by atoms with Gasteiger partial charge in [0.25, 0.3) is 5.91 Å². The van der Waals surface area contributed by atoms with Gasteiger partial charge >= 0.3 is 0 Å². The fourth-order valence-electron chi connectivity index (χ4n) is 1.85. The first-order chi connectivity index (χ1) is 10.1. The van der Waals surface area contributed by atoms with Gasteiger partial charge < -0.3 is 11.1 Å². The molecular formula is C15H14FN3O2. The van der Waals surface area contributed by atoms with Gasteiger partial charge in [0.15, 0.2) is 0 Å². The van der Waals surface area contributed by atoms with Crippen molar-refractivity contribution in [3.05, 3.63) is 65.7 Å². The number of hydrogen-bond donors (Lipinski definition) is 2. The van der Waals surface area contributed by atoms with Crippen molar-refractivity contribution in [2.24, 2.45) is 5.73 Å². The van der Waals surface area contributed by atoms with E-state index in [1.807, 2.05) is 0 Å². The van der Waals surface area contributed by atoms with Gasteiger partial charge in [-0.3, -0.25) is 14.6 Å². The predicted molar refractivity (Wildman–Crippen MR) is 74.8 cm³/mol. The Labute approximate surface area is 121 Å². The Morgan fingerprint density at radius 1 is 1.24 bits per heavy atom. The summed E-state index contributed by atoms with van der Waals surface area (Å²) in [5, 5.41) is 2.49. The minimum absolute atomic E-state index is 0.00594. The molecule has 0 aliphatic carbocycles. The molecule has 0 saturated heterocycles. The van der Waals surface area contributed by atoms with Gasteiger partial charge in [0.1, 0.15) is 11.9 Å². The van der Waals surface area contributed by atoms with E-state index in [0.717, 1.165) is 0 Å². The number of aromatic nitrogens is 1. The van der Waals surface area contributed by atoms with Crippen molar-refractivity contribution in [3.63, 3.8) is 0 Å². The van der Waals surface area contributed by atoms with Crippen LogP contribution in [0, 0.1) is 5.82 Å². The molecule has 108 valence electrons. The number of nitrogens with zero attached hydrogens (tertiary/aromatic N) is 1. The SMILES string of the molecule is NC(=O)[C@H](Cc1ccccc1F)NC(=O)c1cccnc1. The number of hydrogen-bond acceptors (Lipinski definition) is 3. The number of amides is 2. The smallest absolute Gasteiger partial charge is 0.253 e. The van der Waals surface area contributed by atoms with E-state index in [9.17, 15) is 14.0 Å². The maximum absolute atomic E-state index is 13.6. The lowest BCUT2D eigenvalue weighted by atomic mass is 10.0. The number of primary amides is 1. The highest BCUT2D eigenvalue weighted by molar-refractivity contribution is 5.97. The molecule has 0 saturated carbocycles. The summed E-state index contributed by atoms with van der Waals surface area (Å²) in [4.78, 5) is 27.3. The van der Waals surface area contributed by atoms with E-state index in [1.54, 1.807) is 30.3 Å². The molecule has 6 heteroatoms. The Bertz CT molecular complexity index is 646. The first-order valence-electron chi connectivity index (χ1n) is 6.31. The summed E-state index contributed by atoms with van der Waals surface area (Å²) >= 11 is 0. The minimum atomic E-state index is -0.991. The van der Waals surface area contributed by atoms with Crippen LogP contribution >= 0.6 is 0 Å². The highest BCUT2D eigenvalue weighted by Crippen LogP contribution is 2.09. The van der Waals surface area contributed by atoms with Crippen LogP contribution < -0.4 is 11.1 Å². The van der Waals surface area contributed by atoms with E-state index in [1.165, 1.54) is 18.5 Å². The number of carbonyl (C=O) groups is 2. The molecule has 2 rings (SSSR count). The van der Waals surface area contributed by atoms with Gasteiger partial charge in [0.2, 0.25) is 5.91 Å². The molecule has 21 heavy (non-hydrogen) atoms. The average molecular weight is 287 g/mol. The van der Waals surface area contributed by atoms with Gasteiger partial charge in [-0.15, -0.1) is 0 Å². The van der Waals surface area contributed by atoms with E-state index in [0.29, 0.717) is 11.1 Å². The number of benzene rings is 1. The number of halogens is 1. The molecule has 1 aromatic carbocycles. The van der Waals surface area contributed by atoms with Gasteiger partial charge in [0.05, 0.1) is 5.56 Å². The largest absolute Gasteiger partial charge is 0.368 e. The summed E-state index contributed by atoms with van der Waals surface area (Å²) in [6.45, 7) is 0. The summed E-state index contributed by atoms with van der Waals surface area (Å²) in [6.07, 6.45) is 2.90. The molecule has 1 atom stereocenters. The molecule has 0 unspecified atom stereocenters. The second kappa shape index (κ2) is 6.60. The van der Waals surface area contributed by atoms with Crippen LogP contribution in [-0.4, -0.2) is 22.8 Å². The first-order valence-corrected chi connectivity index (χ1v) is 6.31. The lowest BCUT2D eigenvalue weighted by Gasteiger charge is -2.15. The second-order valence-electron chi connectivity index (χ2n) is 4.47. The molecule has 0 fully saturated rings. The van der Waals surface area contributed by atoms with Gasteiger partial charge in [-0.25, -0.2) is 4.39 Å². The number of nitrogens with one attached hydrogen (secondary N) is 1. The monoisotopic (exact) mass is 287 g/mol. The average Bonchev–Trinajstić information content (AvgIpc) is 2.49. The summed E-state index contributed by atoms with van der Waals surface area (Å²) in [6, 6.07) is 8.20. The molecule has 0 aliphatic rings. The van der Waals surface area contributed by atoms with E-state index >= 15 is 0 Å². The number of carbonyl (C=O) groups excluding carboxylic acids is 2. The first kappa shape index (κ1) is 14.6. The van der Waals surface area contributed by atoms with E-state index < -0.39 is 23.7 Å². The molecule has 2 aromatic rings. The third-order valence-electron chi connectivity index (χ3n) is 2.95. The van der Waals surface area contributed by atoms with Crippen molar-refractivity contribution in [2.75, 3.05) is 0 Å². The summed E-state index contributed by atoms with van der Waals surface area (Å²) in [5.41, 5.74) is 5.89. The Kier molecular flexibility index (Phi) is 4.61. The molecule has 1 heterocycles. The lowest BCUT2D eigenvalue weighted by Crippen LogP contribution is -2.46. The quantitative estimate of drug-likeness (QED) is 0.862. The maximum Gasteiger partial charge on any atom is 0.253 e. The van der Waals surface area contributed by atoms with Crippen LogP contribution in [0.15, 0.2) is 48.8 Å². The number of rotatable bonds is 5. The van der Waals surface area contributed by atoms with Crippen molar-refractivity contribution in [1.82, 2.24) is 10.3 Å². The standard InChI is InChI=1S/C15H14FN3O2/c16-12-6-2-1-4-10(12)8-13(14(17)20)19-15(21)11-5-3-7-18-9-11/h1-7,9,13H,8H2,(H2,17,20)(H,19,21)/t13-/m0/s1. The highest BCUT2D eigenvalue weighted by atomic mass is 19.1. The van der Waals surface area contributed by atoms with Crippen LogP contribution in [0.25, 0.3) is 0 Å². The molecule has 1 aromatic heterocycles. The van der Waals surface area contributed by atoms with Crippen LogP contribution in [0.4, 0.5) is 4.39 Å². The molecule has 2 amide bonds. The van der Waals surface area contributed by atoms with Crippen LogP contribution in [-0.2, 0) is 11.2 Å². The predicted octanol–water partition coefficient (Wildman–Crippen LogP) is 1.05. The molecule has 0 radical (unpaired) electrons. The lowest BCUT2D eigenvalue weighted by molar-refractivity contribution is -0.119. The minimum Gasteiger partial charge on any atom is -0.368 e. The van der Waals surface area contributed by atoms with Gasteiger partial charge in [-0.05, 0) is 23.8 Å². The molecule has 5 nitrogen and oxygen atoms in total. The van der Waals surface area contributed by atoms with E-state index in [2.05, 4.69) is 10.3 Å². The van der Waals surface area contributed by atoms with Crippen molar-refractivity contribution >= 4 is 11.8 Å². The summed E-state index contributed by atoms with van der Waals surface area (Å²) in [5.74, 6) is -1.65. The van der Waals surface area contributed by atoms with Crippen molar-refractivity contribution in [2.45, 2.75) is 12.5 Å². The van der Waals surface area contributed by atoms with Crippen LogP contribution in [0.1, 0.15) is 15.9 Å². The zero-order valence-corrected chi connectivity index (χ0v) is 11.1. The van der Waals surface area contributed by atoms with E-state index in [4.69, 9.17) is 5.73 Å². The molecule has 0 spiro atoms. The third-order valence-corrected chi connectivity index (χ3v) is 2.95. The van der Waals surface area contributed by atoms with Crippen molar-refractivity contribution in [3.8, 4) is 0 Å². The summed E-state index contributed by atoms with van der Waals surface area (Å²) in [7, 11) is 0. The molecule has 3 N–H and O–H groups in total. The number of pyridine rings is 1. The van der Waals surface area contributed by atoms with Gasteiger partial charge in [-0.1, -0.05) is 18.2 Å². The number of nitrogens with two attached hydrogens (primary N) is 1. The van der Waals surface area contributed by atoms with Gasteiger partial charge in [-0.2, -0.15) is 0 Å². The third kappa shape index (κ3) is 3.85. The topological polar surface area (TPSA) is 85.1 Å². The molecular weight excluding hydrogens is 273 g/mol. The van der Waals surface area contributed by atoms with Crippen molar-refractivity contribution < 1.29 is 14.0 Å². The van der Waals surface area contributed by atoms with Crippen LogP contribution in [0.5, 0.6) is 0 Å². The normalized spacial score (nSPS) is 11.7. The highest BCUT2D eigenvalue weighted by Gasteiger charge is 2.20. The Balaban J connectivity index is 2.12. The molecule has 0 bridgehead atoms. The zero-order chi connectivity index (χ0) is 15.2. The van der Waals surface area contributed by atoms with Gasteiger partial charge in [0, 0.05) is 18.8 Å². The Morgan fingerprint density at radius 2 is 2.00 bits per heavy atom. The second-order valence-corrected chi connectivity index (χ2v) is 4.47. The summed E-state index contributed by atoms with van der Waals surface area (Å²) < 4.78 is 13.6. The van der Waals surface area contributed by atoms with Crippen LogP contribution in [0.3, 0.4) is 0 Å². The van der Waals surface area contributed by atoms with Crippen LogP contribution in [0.2, 0.25) is 0 Å². The fraction of sp³-hybridized carbons (Fsp3) is 0.133. The maximum atomic E-state index is 13.6. The van der Waals surface area contributed by atoms with Crippen molar-refractivity contribution in [1.29, 1.82) is 0 Å². The fourth-order valence-corrected chi connectivity index (χ4v) is 1.85. The Morgan fingerprint density at radius 3 is 2.62 bits per heavy atom. The zero-order valence-electron chi connectivity index (χ0n) is 11.1. The Hall–Kier alpha value is -2.76. The van der Waals surface area contributed by atoms with E-state index in [-0.39, 0.29) is 6.42 Å². The molecule has 0 aliphatic heterocycles.